The third-order valence-electron chi connectivity index (χ3n) is 5.01. The van der Waals surface area contributed by atoms with E-state index in [9.17, 15) is 0 Å². The van der Waals surface area contributed by atoms with Gasteiger partial charge in [0.05, 0.1) is 0 Å². The number of fused-ring (bicyclic) bond motifs is 1. The van der Waals surface area contributed by atoms with E-state index in [-0.39, 0.29) is 0 Å². The van der Waals surface area contributed by atoms with Crippen LogP contribution in [0.4, 0.5) is 0 Å². The predicted molar refractivity (Wildman–Crippen MR) is 79.5 cm³/mol. The minimum Gasteiger partial charge on any atom is -0.317 e. The van der Waals surface area contributed by atoms with Crippen LogP contribution in [0.1, 0.15) is 40.5 Å². The number of hydrogen-bond acceptors (Lipinski definition) is 1. The van der Waals surface area contributed by atoms with E-state index in [1.165, 1.54) is 18.4 Å². The fourth-order valence-corrected chi connectivity index (χ4v) is 3.46. The molecule has 0 aromatic rings. The summed E-state index contributed by atoms with van der Waals surface area (Å²) in [6.07, 6.45) is 12.1. The monoisotopic (exact) mass is 245 g/mol. The van der Waals surface area contributed by atoms with Gasteiger partial charge in [0, 0.05) is 6.04 Å². The van der Waals surface area contributed by atoms with E-state index < -0.39 is 0 Å². The molecule has 0 radical (unpaired) electrons. The summed E-state index contributed by atoms with van der Waals surface area (Å²) >= 11 is 0. The number of nitrogens with one attached hydrogen (secondary N) is 1. The van der Waals surface area contributed by atoms with Crippen molar-refractivity contribution in [3.05, 3.63) is 35.5 Å². The van der Waals surface area contributed by atoms with Gasteiger partial charge in [-0.2, -0.15) is 0 Å². The molecule has 0 saturated heterocycles. The Morgan fingerprint density at radius 2 is 2.17 bits per heavy atom. The van der Waals surface area contributed by atoms with Crippen molar-refractivity contribution in [3.63, 3.8) is 0 Å². The van der Waals surface area contributed by atoms with Gasteiger partial charge in [-0.05, 0) is 56.6 Å². The van der Waals surface area contributed by atoms with Crippen molar-refractivity contribution in [2.45, 2.75) is 46.6 Å². The molecule has 2 rings (SSSR count). The van der Waals surface area contributed by atoms with Gasteiger partial charge in [0.2, 0.25) is 0 Å². The molecule has 100 valence electrons. The van der Waals surface area contributed by atoms with Crippen molar-refractivity contribution >= 4 is 0 Å². The highest BCUT2D eigenvalue weighted by molar-refractivity contribution is 5.39. The molecule has 2 aliphatic carbocycles. The molecule has 4 atom stereocenters. The van der Waals surface area contributed by atoms with E-state index in [0.29, 0.717) is 17.4 Å². The Morgan fingerprint density at radius 1 is 1.44 bits per heavy atom. The van der Waals surface area contributed by atoms with Crippen molar-refractivity contribution in [2.75, 3.05) is 7.05 Å². The summed E-state index contributed by atoms with van der Waals surface area (Å²) in [5.74, 6) is 1.34. The molecule has 0 bridgehead atoms. The molecule has 0 aliphatic heterocycles. The molecule has 1 fully saturated rings. The van der Waals surface area contributed by atoms with Crippen LogP contribution in [-0.2, 0) is 0 Å². The predicted octanol–water partition coefficient (Wildman–Crippen LogP) is 4.09. The van der Waals surface area contributed by atoms with Crippen LogP contribution in [-0.4, -0.2) is 13.1 Å². The zero-order chi connectivity index (χ0) is 13.3. The maximum Gasteiger partial charge on any atom is 0.00959 e. The lowest BCUT2D eigenvalue weighted by Crippen LogP contribution is -2.27. The summed E-state index contributed by atoms with van der Waals surface area (Å²) in [5.41, 5.74) is 3.58. The molecule has 2 aliphatic rings. The van der Waals surface area contributed by atoms with Gasteiger partial charge in [-0.3, -0.25) is 0 Å². The van der Waals surface area contributed by atoms with E-state index >= 15 is 0 Å². The van der Waals surface area contributed by atoms with Crippen LogP contribution >= 0.6 is 0 Å². The van der Waals surface area contributed by atoms with Gasteiger partial charge in [-0.15, -0.1) is 0 Å². The minimum absolute atomic E-state index is 0.385. The van der Waals surface area contributed by atoms with Crippen LogP contribution in [0, 0.1) is 17.3 Å². The van der Waals surface area contributed by atoms with Crippen molar-refractivity contribution in [2.24, 2.45) is 17.3 Å². The zero-order valence-corrected chi connectivity index (χ0v) is 12.5. The van der Waals surface area contributed by atoms with Crippen molar-refractivity contribution in [1.82, 2.24) is 5.32 Å². The molecule has 0 aromatic heterocycles. The van der Waals surface area contributed by atoms with Crippen LogP contribution < -0.4 is 5.32 Å². The lowest BCUT2D eigenvalue weighted by atomic mass is 9.81. The molecule has 1 heteroatoms. The highest BCUT2D eigenvalue weighted by atomic mass is 14.9. The summed E-state index contributed by atoms with van der Waals surface area (Å²) < 4.78 is 0. The summed E-state index contributed by atoms with van der Waals surface area (Å²) in [6.45, 7) is 9.16. The smallest absolute Gasteiger partial charge is 0.00959 e. The van der Waals surface area contributed by atoms with Crippen LogP contribution in [0.2, 0.25) is 0 Å². The quantitative estimate of drug-likeness (QED) is 0.738. The summed E-state index contributed by atoms with van der Waals surface area (Å²) in [7, 11) is 2.05. The van der Waals surface area contributed by atoms with Crippen molar-refractivity contribution in [1.29, 1.82) is 0 Å². The average molecular weight is 245 g/mol. The third-order valence-corrected chi connectivity index (χ3v) is 5.01. The van der Waals surface area contributed by atoms with E-state index in [1.54, 1.807) is 5.57 Å². The van der Waals surface area contributed by atoms with E-state index in [0.717, 1.165) is 5.92 Å². The van der Waals surface area contributed by atoms with E-state index in [4.69, 9.17) is 0 Å². The van der Waals surface area contributed by atoms with Crippen LogP contribution in [0.15, 0.2) is 35.5 Å². The van der Waals surface area contributed by atoms with Gasteiger partial charge in [-0.25, -0.2) is 0 Å². The Morgan fingerprint density at radius 3 is 2.78 bits per heavy atom. The first kappa shape index (κ1) is 13.6. The minimum atomic E-state index is 0.385. The molecular weight excluding hydrogens is 218 g/mol. The number of allylic oxidation sites excluding steroid dienone is 5. The Bertz CT molecular complexity index is 402. The fourth-order valence-electron chi connectivity index (χ4n) is 3.46. The second kappa shape index (κ2) is 5.05. The zero-order valence-electron chi connectivity index (χ0n) is 12.5. The number of rotatable bonds is 3. The Kier molecular flexibility index (Phi) is 3.82. The third kappa shape index (κ3) is 2.33. The largest absolute Gasteiger partial charge is 0.317 e. The van der Waals surface area contributed by atoms with Crippen molar-refractivity contribution < 1.29 is 0 Å². The Labute approximate surface area is 112 Å². The van der Waals surface area contributed by atoms with Gasteiger partial charge < -0.3 is 5.32 Å². The number of hydrogen-bond donors (Lipinski definition) is 1. The molecular formula is C17H27N. The van der Waals surface area contributed by atoms with E-state index in [2.05, 4.69) is 57.3 Å². The summed E-state index contributed by atoms with van der Waals surface area (Å²) in [5, 5.41) is 3.35. The molecule has 0 spiro atoms. The van der Waals surface area contributed by atoms with Gasteiger partial charge in [0.15, 0.2) is 0 Å². The van der Waals surface area contributed by atoms with Crippen LogP contribution in [0.5, 0.6) is 0 Å². The van der Waals surface area contributed by atoms with E-state index in [1.807, 2.05) is 7.05 Å². The molecule has 1 nitrogen and oxygen atoms in total. The van der Waals surface area contributed by atoms with Gasteiger partial charge in [-0.1, -0.05) is 43.7 Å². The molecule has 18 heavy (non-hydrogen) atoms. The highest BCUT2D eigenvalue weighted by Crippen LogP contribution is 2.54. The first-order valence-corrected chi connectivity index (χ1v) is 7.22. The first-order valence-electron chi connectivity index (χ1n) is 7.22. The summed E-state index contributed by atoms with van der Waals surface area (Å²) in [6, 6.07) is 0.558. The standard InChI is InChI=1S/C17H27N/c1-6-15-7-8-17(4)11-14(10-16(15)17)9-12(2)13(3)18-5/h6-9,12-13,16,18H,10-11H2,1-5H3/b14-9-,15-6-. The Hall–Kier alpha value is -0.820. The van der Waals surface area contributed by atoms with Crippen LogP contribution in [0.25, 0.3) is 0 Å². The lowest BCUT2D eigenvalue weighted by molar-refractivity contribution is 0.373. The Balaban J connectivity index is 2.13. The van der Waals surface area contributed by atoms with Gasteiger partial charge >= 0.3 is 0 Å². The van der Waals surface area contributed by atoms with Crippen LogP contribution in [0.3, 0.4) is 0 Å². The van der Waals surface area contributed by atoms with Crippen molar-refractivity contribution in [3.8, 4) is 0 Å². The SMILES string of the molecule is C/C=C1/C=CC2(C)C/C(=C\C(C)C(C)NC)CC12. The maximum absolute atomic E-state index is 3.35. The first-order chi connectivity index (χ1) is 8.50. The molecule has 0 aromatic carbocycles. The topological polar surface area (TPSA) is 12.0 Å². The molecule has 4 unspecified atom stereocenters. The molecule has 1 N–H and O–H groups in total. The second-order valence-corrected chi connectivity index (χ2v) is 6.32. The summed E-state index contributed by atoms with van der Waals surface area (Å²) in [4.78, 5) is 0. The normalized spacial score (nSPS) is 38.4. The molecule has 0 heterocycles. The van der Waals surface area contributed by atoms with Gasteiger partial charge in [0.1, 0.15) is 0 Å². The van der Waals surface area contributed by atoms with Gasteiger partial charge in [0.25, 0.3) is 0 Å². The molecule has 0 amide bonds. The fraction of sp³-hybridized carbons (Fsp3) is 0.647. The molecule has 1 saturated carbocycles. The lowest BCUT2D eigenvalue weighted by Gasteiger charge is -2.22. The average Bonchev–Trinajstić information content (AvgIpc) is 2.80. The maximum atomic E-state index is 3.35. The highest BCUT2D eigenvalue weighted by Gasteiger charge is 2.43. The second-order valence-electron chi connectivity index (χ2n) is 6.32.